The third-order valence-electron chi connectivity index (χ3n) is 8.42. The van der Waals surface area contributed by atoms with Crippen molar-refractivity contribution in [1.82, 2.24) is 25.4 Å². The number of piperidine rings is 1. The van der Waals surface area contributed by atoms with Gasteiger partial charge >= 0.3 is 5.97 Å². The predicted molar refractivity (Wildman–Crippen MR) is 169 cm³/mol. The Morgan fingerprint density at radius 3 is 2.60 bits per heavy atom. The zero-order valence-corrected chi connectivity index (χ0v) is 27.8. The van der Waals surface area contributed by atoms with Crippen LogP contribution in [0.4, 0.5) is 0 Å². The topological polar surface area (TPSA) is 147 Å². The normalized spacial score (nSPS) is 18.3. The van der Waals surface area contributed by atoms with Crippen LogP contribution in [0.15, 0.2) is 5.38 Å². The lowest BCUT2D eigenvalue weighted by molar-refractivity contribution is -0.154. The van der Waals surface area contributed by atoms with Crippen LogP contribution in [0.25, 0.3) is 0 Å². The van der Waals surface area contributed by atoms with Gasteiger partial charge in [-0.15, -0.1) is 11.3 Å². The molecular formula is C31H54N6O5S. The highest BCUT2D eigenvalue weighted by molar-refractivity contribution is 7.09. The molecule has 4 N–H and O–H groups in total. The SMILES string of the molecule is CCCC(=O)OCN(CCCc1nc(C(=O)NCC[C@H](C)C(N)=O)cs1)C(=O)C(NC(C)[C@H]1CCCCN1C)C(C)CC. The van der Waals surface area contributed by atoms with E-state index in [1.54, 1.807) is 17.2 Å². The molecule has 0 spiro atoms. The van der Waals surface area contributed by atoms with Crippen LogP contribution in [0.2, 0.25) is 0 Å². The fourth-order valence-corrected chi connectivity index (χ4v) is 6.11. The predicted octanol–water partition coefficient (Wildman–Crippen LogP) is 3.32. The van der Waals surface area contributed by atoms with Crippen molar-refractivity contribution in [2.24, 2.45) is 17.6 Å². The van der Waals surface area contributed by atoms with E-state index >= 15 is 0 Å². The van der Waals surface area contributed by atoms with Crippen molar-refractivity contribution in [1.29, 1.82) is 0 Å². The van der Waals surface area contributed by atoms with Crippen LogP contribution < -0.4 is 16.4 Å². The minimum Gasteiger partial charge on any atom is -0.444 e. The number of likely N-dealkylation sites (N-methyl/N-ethyl adjacent to an activating group) is 1. The molecule has 1 saturated heterocycles. The number of aryl methyl sites for hydroxylation is 1. The maximum Gasteiger partial charge on any atom is 0.307 e. The molecule has 43 heavy (non-hydrogen) atoms. The second kappa shape index (κ2) is 19.0. The Labute approximate surface area is 261 Å². The Morgan fingerprint density at radius 1 is 1.21 bits per heavy atom. The van der Waals surface area contributed by atoms with Crippen LogP contribution in [0.5, 0.6) is 0 Å². The molecule has 12 heteroatoms. The molecule has 1 fully saturated rings. The molecule has 1 aromatic rings. The van der Waals surface area contributed by atoms with Crippen molar-refractivity contribution in [3.8, 4) is 0 Å². The molecule has 0 bridgehead atoms. The summed E-state index contributed by atoms with van der Waals surface area (Å²) in [6.07, 6.45) is 6.97. The fourth-order valence-electron chi connectivity index (χ4n) is 5.29. The van der Waals surface area contributed by atoms with Gasteiger partial charge in [0.1, 0.15) is 5.69 Å². The maximum atomic E-state index is 14.0. The summed E-state index contributed by atoms with van der Waals surface area (Å²) >= 11 is 1.39. The van der Waals surface area contributed by atoms with Crippen LogP contribution in [0, 0.1) is 11.8 Å². The fraction of sp³-hybridized carbons (Fsp3) is 0.774. The van der Waals surface area contributed by atoms with Gasteiger partial charge in [-0.05, 0) is 58.5 Å². The standard InChI is InChI=1S/C31H54N6O5S/c1-7-12-27(38)42-20-37(31(41)28(21(3)8-2)34-23(5)25-13-9-10-17-36(25)6)18-11-14-26-35-24(19-43-26)30(40)33-16-15-22(4)29(32)39/h19,21-23,25,28,34H,7-18,20H2,1-6H3,(H2,32,39)(H,33,40)/t21?,22-,23?,25+,28?/m0/s1. The second-order valence-electron chi connectivity index (χ2n) is 11.9. The van der Waals surface area contributed by atoms with Crippen LogP contribution in [0.1, 0.15) is 101 Å². The molecule has 2 heterocycles. The molecule has 5 atom stereocenters. The molecule has 244 valence electrons. The van der Waals surface area contributed by atoms with Crippen molar-refractivity contribution in [2.45, 2.75) is 111 Å². The van der Waals surface area contributed by atoms with Gasteiger partial charge in [-0.3, -0.25) is 19.2 Å². The quantitative estimate of drug-likeness (QED) is 0.157. The Kier molecular flexibility index (Phi) is 16.1. The molecular weight excluding hydrogens is 568 g/mol. The number of carbonyl (C=O) groups is 4. The van der Waals surface area contributed by atoms with Crippen molar-refractivity contribution in [2.75, 3.05) is 33.4 Å². The summed E-state index contributed by atoms with van der Waals surface area (Å²) in [5.41, 5.74) is 5.61. The van der Waals surface area contributed by atoms with E-state index in [1.165, 1.54) is 24.2 Å². The van der Waals surface area contributed by atoms with Crippen LogP contribution in [0.3, 0.4) is 0 Å². The number of esters is 1. The number of carbonyl (C=O) groups excluding carboxylic acids is 4. The van der Waals surface area contributed by atoms with Crippen LogP contribution in [-0.2, 0) is 25.5 Å². The van der Waals surface area contributed by atoms with E-state index in [9.17, 15) is 19.2 Å². The molecule has 11 nitrogen and oxygen atoms in total. The van der Waals surface area contributed by atoms with E-state index in [2.05, 4.69) is 48.3 Å². The lowest BCUT2D eigenvalue weighted by Crippen LogP contribution is -2.58. The summed E-state index contributed by atoms with van der Waals surface area (Å²) in [5.74, 6) is -1.28. The minimum atomic E-state index is -0.396. The van der Waals surface area contributed by atoms with Gasteiger partial charge in [-0.1, -0.05) is 40.5 Å². The van der Waals surface area contributed by atoms with E-state index in [1.807, 2.05) is 6.92 Å². The number of ether oxygens (including phenoxy) is 1. The molecule has 1 aliphatic heterocycles. The zero-order chi connectivity index (χ0) is 31.9. The molecule has 1 aliphatic rings. The minimum absolute atomic E-state index is 0.0617. The monoisotopic (exact) mass is 622 g/mol. The van der Waals surface area contributed by atoms with Crippen molar-refractivity contribution >= 4 is 35.0 Å². The largest absolute Gasteiger partial charge is 0.444 e. The Morgan fingerprint density at radius 2 is 1.95 bits per heavy atom. The highest BCUT2D eigenvalue weighted by Crippen LogP contribution is 2.21. The number of rotatable bonds is 19. The van der Waals surface area contributed by atoms with Gasteiger partial charge in [0, 0.05) is 49.3 Å². The first-order valence-corrected chi connectivity index (χ1v) is 16.8. The number of nitrogens with one attached hydrogen (secondary N) is 2. The number of primary amides is 1. The van der Waals surface area contributed by atoms with Gasteiger partial charge in [-0.2, -0.15) is 0 Å². The summed E-state index contributed by atoms with van der Waals surface area (Å²) in [6.45, 7) is 11.7. The first-order valence-electron chi connectivity index (χ1n) is 15.9. The summed E-state index contributed by atoms with van der Waals surface area (Å²) in [4.78, 5) is 58.4. The number of likely N-dealkylation sites (tertiary alicyclic amines) is 1. The average Bonchev–Trinajstić information content (AvgIpc) is 3.46. The maximum absolute atomic E-state index is 14.0. The first-order chi connectivity index (χ1) is 20.5. The number of thiazole rings is 1. The third kappa shape index (κ3) is 12.1. The van der Waals surface area contributed by atoms with E-state index in [4.69, 9.17) is 10.5 Å². The number of nitrogens with zero attached hydrogens (tertiary/aromatic N) is 3. The second-order valence-corrected chi connectivity index (χ2v) is 12.9. The lowest BCUT2D eigenvalue weighted by Gasteiger charge is -2.40. The number of nitrogens with two attached hydrogens (primary N) is 1. The van der Waals surface area contributed by atoms with Crippen molar-refractivity contribution < 1.29 is 23.9 Å². The summed E-state index contributed by atoms with van der Waals surface area (Å²) in [7, 11) is 2.15. The number of hydrogen-bond acceptors (Lipinski definition) is 9. The first kappa shape index (κ1) is 36.6. The van der Waals surface area contributed by atoms with Gasteiger partial charge in [0.25, 0.3) is 5.91 Å². The number of amides is 3. The Balaban J connectivity index is 2.04. The average molecular weight is 623 g/mol. The molecule has 2 rings (SSSR count). The molecule has 0 saturated carbocycles. The highest BCUT2D eigenvalue weighted by Gasteiger charge is 2.33. The Bertz CT molecular complexity index is 1040. The zero-order valence-electron chi connectivity index (χ0n) is 27.0. The highest BCUT2D eigenvalue weighted by atomic mass is 32.1. The van der Waals surface area contributed by atoms with Gasteiger partial charge in [0.05, 0.1) is 11.0 Å². The van der Waals surface area contributed by atoms with Gasteiger partial charge in [-0.25, -0.2) is 4.98 Å². The molecule has 0 aromatic carbocycles. The third-order valence-corrected chi connectivity index (χ3v) is 9.33. The van der Waals surface area contributed by atoms with E-state index in [0.717, 1.165) is 24.4 Å². The van der Waals surface area contributed by atoms with E-state index in [0.29, 0.717) is 56.9 Å². The molecule has 3 unspecified atom stereocenters. The van der Waals surface area contributed by atoms with Gasteiger partial charge < -0.3 is 30.9 Å². The summed E-state index contributed by atoms with van der Waals surface area (Å²) < 4.78 is 5.51. The molecule has 1 aromatic heterocycles. The van der Waals surface area contributed by atoms with E-state index < -0.39 is 11.9 Å². The molecule has 0 aliphatic carbocycles. The number of aromatic nitrogens is 1. The Hall–Kier alpha value is -2.57. The summed E-state index contributed by atoms with van der Waals surface area (Å²) in [5, 5.41) is 8.94. The molecule has 0 radical (unpaired) electrons. The van der Waals surface area contributed by atoms with Crippen LogP contribution >= 0.6 is 11.3 Å². The van der Waals surface area contributed by atoms with Gasteiger partial charge in [0.15, 0.2) is 6.73 Å². The van der Waals surface area contributed by atoms with Crippen LogP contribution in [-0.4, -0.2) is 90.0 Å². The summed E-state index contributed by atoms with van der Waals surface area (Å²) in [6, 6.07) is 0.107. The van der Waals surface area contributed by atoms with Crippen molar-refractivity contribution in [3.63, 3.8) is 0 Å². The molecule has 3 amide bonds. The number of hydrogen-bond donors (Lipinski definition) is 3. The smallest absolute Gasteiger partial charge is 0.307 e. The lowest BCUT2D eigenvalue weighted by atomic mass is 9.93. The van der Waals surface area contributed by atoms with Gasteiger partial charge in [0.2, 0.25) is 11.8 Å². The van der Waals surface area contributed by atoms with Crippen molar-refractivity contribution in [3.05, 3.63) is 16.1 Å². The van der Waals surface area contributed by atoms with E-state index in [-0.39, 0.29) is 42.4 Å².